The highest BCUT2D eigenvalue weighted by Crippen LogP contribution is 2.21. The van der Waals surface area contributed by atoms with Crippen molar-refractivity contribution < 1.29 is 4.79 Å². The molecule has 2 heterocycles. The Morgan fingerprint density at radius 1 is 1.38 bits per heavy atom. The third-order valence-corrected chi connectivity index (χ3v) is 3.22. The SMILES string of the molecule is Cc1nn(C(C)C)c2cnn(CCC(=O)NC(C)(C)C)c12. The van der Waals surface area contributed by atoms with Crippen LogP contribution < -0.4 is 5.32 Å². The Morgan fingerprint density at radius 3 is 2.62 bits per heavy atom. The van der Waals surface area contributed by atoms with Crippen LogP contribution in [-0.4, -0.2) is 31.0 Å². The van der Waals surface area contributed by atoms with Crippen molar-refractivity contribution in [3.05, 3.63) is 11.9 Å². The Balaban J connectivity index is 2.15. The molecule has 2 aromatic heterocycles. The third kappa shape index (κ3) is 3.43. The number of fused-ring (bicyclic) bond motifs is 1. The molecule has 0 saturated carbocycles. The summed E-state index contributed by atoms with van der Waals surface area (Å²) in [6.45, 7) is 12.7. The molecule has 0 bridgehead atoms. The van der Waals surface area contributed by atoms with Crippen molar-refractivity contribution in [3.63, 3.8) is 0 Å². The van der Waals surface area contributed by atoms with Crippen LogP contribution in [0.4, 0.5) is 0 Å². The molecule has 6 nitrogen and oxygen atoms in total. The lowest BCUT2D eigenvalue weighted by Gasteiger charge is -2.20. The molecule has 21 heavy (non-hydrogen) atoms. The standard InChI is InChI=1S/C15H25N5O/c1-10(2)20-12-9-16-19(14(12)11(3)18-20)8-7-13(21)17-15(4,5)6/h9-10H,7-8H2,1-6H3,(H,17,21). The molecule has 1 N–H and O–H groups in total. The second kappa shape index (κ2) is 5.50. The summed E-state index contributed by atoms with van der Waals surface area (Å²) >= 11 is 0. The van der Waals surface area contributed by atoms with Crippen LogP contribution in [0.3, 0.4) is 0 Å². The third-order valence-electron chi connectivity index (χ3n) is 3.22. The Kier molecular flexibility index (Phi) is 4.07. The molecule has 0 atom stereocenters. The van der Waals surface area contributed by atoms with Crippen LogP contribution >= 0.6 is 0 Å². The maximum atomic E-state index is 11.9. The van der Waals surface area contributed by atoms with Crippen molar-refractivity contribution in [2.24, 2.45) is 0 Å². The zero-order chi connectivity index (χ0) is 15.8. The Morgan fingerprint density at radius 2 is 2.05 bits per heavy atom. The van der Waals surface area contributed by atoms with Crippen LogP contribution in [0.1, 0.15) is 52.8 Å². The van der Waals surface area contributed by atoms with E-state index in [4.69, 9.17) is 0 Å². The molecular formula is C15H25N5O. The van der Waals surface area contributed by atoms with E-state index in [2.05, 4.69) is 29.4 Å². The fraction of sp³-hybridized carbons (Fsp3) is 0.667. The average Bonchev–Trinajstić information content (AvgIpc) is 2.86. The summed E-state index contributed by atoms with van der Waals surface area (Å²) in [7, 11) is 0. The first-order valence-corrected chi connectivity index (χ1v) is 7.40. The lowest BCUT2D eigenvalue weighted by Crippen LogP contribution is -2.40. The molecule has 6 heteroatoms. The lowest BCUT2D eigenvalue weighted by molar-refractivity contribution is -0.122. The van der Waals surface area contributed by atoms with Crippen molar-refractivity contribution in [1.82, 2.24) is 24.9 Å². The number of aryl methyl sites for hydroxylation is 2. The van der Waals surface area contributed by atoms with Crippen molar-refractivity contribution in [2.75, 3.05) is 0 Å². The van der Waals surface area contributed by atoms with Crippen LogP contribution in [0.15, 0.2) is 6.20 Å². The molecule has 0 spiro atoms. The average molecular weight is 291 g/mol. The minimum Gasteiger partial charge on any atom is -0.351 e. The van der Waals surface area contributed by atoms with Gasteiger partial charge in [-0.25, -0.2) is 0 Å². The molecular weight excluding hydrogens is 266 g/mol. The van der Waals surface area contributed by atoms with Crippen LogP contribution in [0.5, 0.6) is 0 Å². The number of nitrogens with one attached hydrogen (secondary N) is 1. The van der Waals surface area contributed by atoms with Crippen molar-refractivity contribution >= 4 is 16.9 Å². The minimum absolute atomic E-state index is 0.0417. The van der Waals surface area contributed by atoms with E-state index in [1.54, 1.807) is 0 Å². The minimum atomic E-state index is -0.199. The van der Waals surface area contributed by atoms with Crippen LogP contribution in [0.25, 0.3) is 11.0 Å². The monoisotopic (exact) mass is 291 g/mol. The van der Waals surface area contributed by atoms with Crippen LogP contribution in [-0.2, 0) is 11.3 Å². The number of aromatic nitrogens is 4. The predicted octanol–water partition coefficient (Wildman–Crippen LogP) is 2.43. The highest BCUT2D eigenvalue weighted by molar-refractivity contribution is 5.79. The largest absolute Gasteiger partial charge is 0.351 e. The van der Waals surface area contributed by atoms with E-state index in [1.807, 2.05) is 43.3 Å². The topological polar surface area (TPSA) is 64.7 Å². The highest BCUT2D eigenvalue weighted by Gasteiger charge is 2.17. The first-order chi connectivity index (χ1) is 9.69. The fourth-order valence-corrected chi connectivity index (χ4v) is 2.43. The number of rotatable bonds is 4. The van der Waals surface area contributed by atoms with Gasteiger partial charge in [-0.1, -0.05) is 0 Å². The first-order valence-electron chi connectivity index (χ1n) is 7.40. The van der Waals surface area contributed by atoms with Crippen molar-refractivity contribution in [2.45, 2.75) is 66.1 Å². The molecule has 0 radical (unpaired) electrons. The number of amides is 1. The highest BCUT2D eigenvalue weighted by atomic mass is 16.1. The van der Waals surface area contributed by atoms with E-state index in [1.165, 1.54) is 0 Å². The molecule has 0 unspecified atom stereocenters. The normalized spacial score (nSPS) is 12.3. The van der Waals surface area contributed by atoms with Gasteiger partial charge in [-0.05, 0) is 41.5 Å². The maximum Gasteiger partial charge on any atom is 0.222 e. The van der Waals surface area contributed by atoms with E-state index in [-0.39, 0.29) is 11.4 Å². The first kappa shape index (κ1) is 15.5. The van der Waals surface area contributed by atoms with Crippen molar-refractivity contribution in [1.29, 1.82) is 0 Å². The fourth-order valence-electron chi connectivity index (χ4n) is 2.43. The summed E-state index contributed by atoms with van der Waals surface area (Å²) in [5.41, 5.74) is 2.80. The van der Waals surface area contributed by atoms with E-state index >= 15 is 0 Å². The van der Waals surface area contributed by atoms with Gasteiger partial charge in [0.2, 0.25) is 5.91 Å². The molecule has 0 fully saturated rings. The molecule has 2 aromatic rings. The molecule has 1 amide bonds. The molecule has 0 aliphatic heterocycles. The van der Waals surface area contributed by atoms with Gasteiger partial charge in [-0.15, -0.1) is 0 Å². The van der Waals surface area contributed by atoms with Gasteiger partial charge in [0.1, 0.15) is 11.0 Å². The number of carbonyl (C=O) groups excluding carboxylic acids is 1. The Bertz CT molecular complexity index is 645. The van der Waals surface area contributed by atoms with Gasteiger partial charge in [0.15, 0.2) is 0 Å². The predicted molar refractivity (Wildman–Crippen MR) is 83.2 cm³/mol. The zero-order valence-corrected chi connectivity index (χ0v) is 13.8. The number of hydrogen-bond acceptors (Lipinski definition) is 3. The molecule has 116 valence electrons. The van der Waals surface area contributed by atoms with Gasteiger partial charge in [-0.2, -0.15) is 10.2 Å². The Labute approximate surface area is 125 Å². The summed E-state index contributed by atoms with van der Waals surface area (Å²) < 4.78 is 3.85. The van der Waals surface area contributed by atoms with Crippen LogP contribution in [0.2, 0.25) is 0 Å². The van der Waals surface area contributed by atoms with Crippen molar-refractivity contribution in [3.8, 4) is 0 Å². The maximum absolute atomic E-state index is 11.9. The second-order valence-corrected chi connectivity index (χ2v) is 6.77. The molecule has 2 rings (SSSR count). The van der Waals surface area contributed by atoms with E-state index in [0.29, 0.717) is 19.0 Å². The van der Waals surface area contributed by atoms with Gasteiger partial charge in [-0.3, -0.25) is 14.2 Å². The quantitative estimate of drug-likeness (QED) is 0.941. The van der Waals surface area contributed by atoms with Gasteiger partial charge >= 0.3 is 0 Å². The molecule has 0 saturated heterocycles. The number of hydrogen-bond donors (Lipinski definition) is 1. The van der Waals surface area contributed by atoms with Gasteiger partial charge in [0.25, 0.3) is 0 Å². The van der Waals surface area contributed by atoms with E-state index in [0.717, 1.165) is 16.7 Å². The summed E-state index contributed by atoms with van der Waals surface area (Å²) in [6, 6.07) is 0.294. The zero-order valence-electron chi connectivity index (χ0n) is 13.8. The number of nitrogens with zero attached hydrogens (tertiary/aromatic N) is 4. The molecule has 0 aliphatic carbocycles. The molecule has 0 aliphatic rings. The summed E-state index contributed by atoms with van der Waals surface area (Å²) in [5.74, 6) is 0.0417. The summed E-state index contributed by atoms with van der Waals surface area (Å²) in [4.78, 5) is 11.9. The van der Waals surface area contributed by atoms with Crippen LogP contribution in [0, 0.1) is 6.92 Å². The lowest BCUT2D eigenvalue weighted by atomic mass is 10.1. The summed E-state index contributed by atoms with van der Waals surface area (Å²) in [5, 5.41) is 11.9. The number of carbonyl (C=O) groups is 1. The van der Waals surface area contributed by atoms with Gasteiger partial charge < -0.3 is 5.32 Å². The van der Waals surface area contributed by atoms with E-state index in [9.17, 15) is 4.79 Å². The van der Waals surface area contributed by atoms with Gasteiger partial charge in [0.05, 0.1) is 18.4 Å². The van der Waals surface area contributed by atoms with E-state index < -0.39 is 0 Å². The second-order valence-electron chi connectivity index (χ2n) is 6.77. The molecule has 0 aromatic carbocycles. The summed E-state index contributed by atoms with van der Waals surface area (Å²) in [6.07, 6.45) is 2.25. The smallest absolute Gasteiger partial charge is 0.222 e. The van der Waals surface area contributed by atoms with Gasteiger partial charge in [0, 0.05) is 18.0 Å². The Hall–Kier alpha value is -1.85.